The SMILES string of the molecule is CC1(C)C2=C(c3ccccc31)C(c1cccc3ccccc13)NC(n1c3ccccc3c3cc4ccccc4cc31)=N2. The molecule has 0 fully saturated rings. The Bertz CT molecular complexity index is 2310. The summed E-state index contributed by atoms with van der Waals surface area (Å²) in [7, 11) is 0. The predicted octanol–water partition coefficient (Wildman–Crippen LogP) is 9.35. The average molecular weight is 540 g/mol. The fourth-order valence-corrected chi connectivity index (χ4v) is 7.42. The van der Waals surface area contributed by atoms with E-state index in [1.165, 1.54) is 54.6 Å². The van der Waals surface area contributed by atoms with Crippen molar-refractivity contribution in [3.05, 3.63) is 150 Å². The van der Waals surface area contributed by atoms with E-state index in [9.17, 15) is 0 Å². The molecular formula is C39H29N3. The Hall–Kier alpha value is -5.15. The van der Waals surface area contributed by atoms with E-state index in [-0.39, 0.29) is 11.5 Å². The number of rotatable bonds is 1. The lowest BCUT2D eigenvalue weighted by Gasteiger charge is -2.31. The van der Waals surface area contributed by atoms with Crippen molar-refractivity contribution >= 4 is 54.9 Å². The second kappa shape index (κ2) is 8.43. The van der Waals surface area contributed by atoms with Crippen molar-refractivity contribution in [3.63, 3.8) is 0 Å². The number of aromatic nitrogens is 1. The summed E-state index contributed by atoms with van der Waals surface area (Å²) in [5, 5.41) is 11.5. The number of aliphatic imine (C=N–C) groups is 1. The molecular weight excluding hydrogens is 510 g/mol. The van der Waals surface area contributed by atoms with Gasteiger partial charge in [-0.25, -0.2) is 4.99 Å². The van der Waals surface area contributed by atoms with Gasteiger partial charge in [0.2, 0.25) is 5.96 Å². The van der Waals surface area contributed by atoms with Crippen molar-refractivity contribution in [2.45, 2.75) is 25.3 Å². The zero-order chi connectivity index (χ0) is 28.0. The van der Waals surface area contributed by atoms with Gasteiger partial charge in [0.05, 0.1) is 22.8 Å². The molecule has 2 aliphatic rings. The van der Waals surface area contributed by atoms with Crippen LogP contribution in [0.2, 0.25) is 0 Å². The molecule has 0 saturated carbocycles. The molecule has 0 bridgehead atoms. The van der Waals surface area contributed by atoms with Crippen LogP contribution in [0, 0.1) is 0 Å². The molecule has 1 aliphatic heterocycles. The summed E-state index contributed by atoms with van der Waals surface area (Å²) in [6, 6.07) is 46.2. The van der Waals surface area contributed by atoms with Crippen molar-refractivity contribution in [2.75, 3.05) is 0 Å². The molecule has 1 unspecified atom stereocenters. The van der Waals surface area contributed by atoms with E-state index in [2.05, 4.69) is 151 Å². The molecule has 0 saturated heterocycles. The lowest BCUT2D eigenvalue weighted by Crippen LogP contribution is -2.38. The molecule has 3 nitrogen and oxygen atoms in total. The minimum Gasteiger partial charge on any atom is -0.344 e. The van der Waals surface area contributed by atoms with E-state index in [4.69, 9.17) is 4.99 Å². The second-order valence-electron chi connectivity index (χ2n) is 12.1. The van der Waals surface area contributed by atoms with Gasteiger partial charge >= 0.3 is 0 Å². The van der Waals surface area contributed by atoms with E-state index < -0.39 is 0 Å². The van der Waals surface area contributed by atoms with Gasteiger partial charge in [-0.05, 0) is 56.4 Å². The van der Waals surface area contributed by atoms with Gasteiger partial charge in [0.15, 0.2) is 0 Å². The Morgan fingerprint density at radius 2 is 1.29 bits per heavy atom. The molecule has 0 radical (unpaired) electrons. The number of allylic oxidation sites excluding steroid dienone is 1. The van der Waals surface area contributed by atoms with Crippen LogP contribution in [-0.2, 0) is 5.41 Å². The predicted molar refractivity (Wildman–Crippen MR) is 176 cm³/mol. The normalized spacial score (nSPS) is 17.5. The lowest BCUT2D eigenvalue weighted by molar-refractivity contribution is 0.619. The molecule has 0 amide bonds. The molecule has 7 aromatic rings. The minimum atomic E-state index is -0.229. The number of nitrogens with one attached hydrogen (secondary N) is 1. The summed E-state index contributed by atoms with van der Waals surface area (Å²) in [6.07, 6.45) is 0. The van der Waals surface area contributed by atoms with Crippen LogP contribution < -0.4 is 5.32 Å². The van der Waals surface area contributed by atoms with Crippen LogP contribution in [-0.4, -0.2) is 10.5 Å². The molecule has 6 aromatic carbocycles. The Balaban J connectivity index is 1.37. The largest absolute Gasteiger partial charge is 0.344 e. The molecule has 42 heavy (non-hydrogen) atoms. The van der Waals surface area contributed by atoms with Gasteiger partial charge in [-0.3, -0.25) is 4.57 Å². The summed E-state index contributed by atoms with van der Waals surface area (Å²) in [4.78, 5) is 5.54. The fourth-order valence-electron chi connectivity index (χ4n) is 7.42. The van der Waals surface area contributed by atoms with E-state index in [1.54, 1.807) is 0 Å². The number of para-hydroxylation sites is 1. The smallest absolute Gasteiger partial charge is 0.208 e. The quantitative estimate of drug-likeness (QED) is 0.221. The topological polar surface area (TPSA) is 29.3 Å². The third-order valence-electron chi connectivity index (χ3n) is 9.40. The highest BCUT2D eigenvalue weighted by Crippen LogP contribution is 2.53. The first-order valence-corrected chi connectivity index (χ1v) is 14.7. The lowest BCUT2D eigenvalue weighted by atomic mass is 9.84. The molecule has 9 rings (SSSR count). The third kappa shape index (κ3) is 3.14. The van der Waals surface area contributed by atoms with Crippen LogP contribution in [0.15, 0.2) is 138 Å². The highest BCUT2D eigenvalue weighted by molar-refractivity contribution is 6.17. The Morgan fingerprint density at radius 3 is 2.14 bits per heavy atom. The molecule has 0 spiro atoms. The van der Waals surface area contributed by atoms with Crippen LogP contribution in [0.25, 0.3) is 48.9 Å². The highest BCUT2D eigenvalue weighted by Gasteiger charge is 2.44. The maximum absolute atomic E-state index is 5.54. The number of benzene rings is 6. The van der Waals surface area contributed by atoms with E-state index in [0.717, 1.165) is 22.7 Å². The third-order valence-corrected chi connectivity index (χ3v) is 9.40. The fraction of sp³-hybridized carbons (Fsp3) is 0.103. The first-order chi connectivity index (χ1) is 20.6. The number of hydrogen-bond donors (Lipinski definition) is 1. The Morgan fingerprint density at radius 1 is 0.619 bits per heavy atom. The first kappa shape index (κ1) is 23.5. The van der Waals surface area contributed by atoms with Gasteiger partial charge in [-0.15, -0.1) is 0 Å². The summed E-state index contributed by atoms with van der Waals surface area (Å²) in [5.74, 6) is 0.869. The van der Waals surface area contributed by atoms with E-state index in [1.807, 2.05) is 0 Å². The van der Waals surface area contributed by atoms with Crippen LogP contribution >= 0.6 is 0 Å². The molecule has 3 heteroatoms. The summed E-state index contributed by atoms with van der Waals surface area (Å²) in [5.41, 5.74) is 8.40. The average Bonchev–Trinajstić information content (AvgIpc) is 3.47. The van der Waals surface area contributed by atoms with Gasteiger partial charge in [0.1, 0.15) is 0 Å². The van der Waals surface area contributed by atoms with Gasteiger partial charge in [0.25, 0.3) is 0 Å². The molecule has 1 atom stereocenters. The Kier molecular flexibility index (Phi) is 4.73. The highest BCUT2D eigenvalue weighted by atomic mass is 15.2. The van der Waals surface area contributed by atoms with Crippen LogP contribution in [0.4, 0.5) is 0 Å². The maximum Gasteiger partial charge on any atom is 0.208 e. The van der Waals surface area contributed by atoms with Crippen LogP contribution in [0.1, 0.15) is 36.6 Å². The standard InChI is InChI=1S/C39H29N3/c1-39(2)32-20-9-7-18-30(32)35-36(29-19-11-15-24-12-5-6-16-27(24)29)40-38(41-37(35)39)42-33-21-10-8-17-28(33)31-22-25-13-3-4-14-26(25)23-34(31)42/h3-23,36H,1-2H3,(H,40,41). The molecule has 1 aliphatic carbocycles. The number of nitrogens with zero attached hydrogens (tertiary/aromatic N) is 2. The minimum absolute atomic E-state index is 0.0572. The zero-order valence-corrected chi connectivity index (χ0v) is 23.6. The van der Waals surface area contributed by atoms with Crippen molar-refractivity contribution in [1.82, 2.24) is 9.88 Å². The second-order valence-corrected chi connectivity index (χ2v) is 12.1. The van der Waals surface area contributed by atoms with Crippen molar-refractivity contribution in [3.8, 4) is 0 Å². The number of hydrogen-bond acceptors (Lipinski definition) is 2. The van der Waals surface area contributed by atoms with Gasteiger partial charge in [-0.2, -0.15) is 0 Å². The van der Waals surface area contributed by atoms with Crippen molar-refractivity contribution < 1.29 is 0 Å². The van der Waals surface area contributed by atoms with Crippen molar-refractivity contribution in [2.24, 2.45) is 4.99 Å². The Labute approximate surface area is 244 Å². The van der Waals surface area contributed by atoms with Crippen LogP contribution in [0.3, 0.4) is 0 Å². The van der Waals surface area contributed by atoms with E-state index in [0.29, 0.717) is 0 Å². The number of fused-ring (bicyclic) bond motifs is 7. The zero-order valence-electron chi connectivity index (χ0n) is 23.6. The van der Waals surface area contributed by atoms with Crippen molar-refractivity contribution in [1.29, 1.82) is 0 Å². The molecule has 2 heterocycles. The van der Waals surface area contributed by atoms with Crippen LogP contribution in [0.5, 0.6) is 0 Å². The first-order valence-electron chi connectivity index (χ1n) is 14.7. The van der Waals surface area contributed by atoms with E-state index >= 15 is 0 Å². The monoisotopic (exact) mass is 539 g/mol. The summed E-state index contributed by atoms with van der Waals surface area (Å²) in [6.45, 7) is 4.64. The van der Waals surface area contributed by atoms with Gasteiger partial charge in [-0.1, -0.05) is 123 Å². The molecule has 1 aromatic heterocycles. The van der Waals surface area contributed by atoms with Gasteiger partial charge in [0, 0.05) is 21.8 Å². The molecule has 1 N–H and O–H groups in total. The van der Waals surface area contributed by atoms with Gasteiger partial charge < -0.3 is 5.32 Å². The summed E-state index contributed by atoms with van der Waals surface area (Å²) < 4.78 is 2.35. The maximum atomic E-state index is 5.54. The molecule has 200 valence electrons. The summed E-state index contributed by atoms with van der Waals surface area (Å²) >= 11 is 0.